The third kappa shape index (κ3) is 5.56. The summed E-state index contributed by atoms with van der Waals surface area (Å²) in [5.74, 6) is 0.0204. The molecule has 140 valence electrons. The van der Waals surface area contributed by atoms with E-state index in [-0.39, 0.29) is 16.4 Å². The van der Waals surface area contributed by atoms with Gasteiger partial charge in [0.25, 0.3) is 5.91 Å². The summed E-state index contributed by atoms with van der Waals surface area (Å²) in [6, 6.07) is 11.1. The van der Waals surface area contributed by atoms with E-state index < -0.39 is 10.0 Å². The molecule has 0 unspecified atom stereocenters. The first-order valence-electron chi connectivity index (χ1n) is 8.36. The van der Waals surface area contributed by atoms with E-state index in [4.69, 9.17) is 11.6 Å². The Balaban J connectivity index is 2.16. The van der Waals surface area contributed by atoms with Crippen LogP contribution in [0.3, 0.4) is 0 Å². The number of sulfonamides is 1. The molecule has 0 aliphatic carbocycles. The molecule has 1 amide bonds. The number of anilines is 1. The minimum atomic E-state index is -3.65. The highest BCUT2D eigenvalue weighted by atomic mass is 35.5. The molecule has 0 fully saturated rings. The van der Waals surface area contributed by atoms with Crippen LogP contribution in [0.1, 0.15) is 36.2 Å². The van der Waals surface area contributed by atoms with Crippen LogP contribution in [0.4, 0.5) is 5.69 Å². The summed E-state index contributed by atoms with van der Waals surface area (Å²) in [5, 5.41) is 3.36. The van der Waals surface area contributed by atoms with Gasteiger partial charge in [0.15, 0.2) is 0 Å². The van der Waals surface area contributed by atoms with Crippen molar-refractivity contribution in [3.63, 3.8) is 0 Å². The van der Waals surface area contributed by atoms with Gasteiger partial charge in [-0.3, -0.25) is 4.79 Å². The molecule has 0 aromatic heterocycles. The highest BCUT2D eigenvalue weighted by Crippen LogP contribution is 2.21. The van der Waals surface area contributed by atoms with E-state index in [1.54, 1.807) is 30.3 Å². The predicted octanol–water partition coefficient (Wildman–Crippen LogP) is 4.23. The fourth-order valence-electron chi connectivity index (χ4n) is 2.33. The quantitative estimate of drug-likeness (QED) is 0.738. The fraction of sp³-hybridized carbons (Fsp3) is 0.316. The van der Waals surface area contributed by atoms with Crippen molar-refractivity contribution < 1.29 is 13.2 Å². The molecule has 5 nitrogen and oxygen atoms in total. The fourth-order valence-corrected chi connectivity index (χ4v) is 3.65. The topological polar surface area (TPSA) is 75.3 Å². The molecular weight excluding hydrogens is 372 g/mol. The summed E-state index contributed by atoms with van der Waals surface area (Å²) in [6.45, 7) is 6.25. The molecule has 2 aromatic carbocycles. The lowest BCUT2D eigenvalue weighted by Crippen LogP contribution is -2.26. The number of carbonyl (C=O) groups is 1. The molecule has 0 aliphatic rings. The van der Waals surface area contributed by atoms with Gasteiger partial charge in [-0.1, -0.05) is 31.5 Å². The van der Waals surface area contributed by atoms with Crippen LogP contribution in [0, 0.1) is 12.8 Å². The molecule has 0 aliphatic heterocycles. The monoisotopic (exact) mass is 394 g/mol. The average molecular weight is 395 g/mol. The first-order valence-corrected chi connectivity index (χ1v) is 10.2. The molecule has 0 radical (unpaired) electrons. The van der Waals surface area contributed by atoms with E-state index in [9.17, 15) is 13.2 Å². The maximum Gasteiger partial charge on any atom is 0.255 e. The summed E-state index contributed by atoms with van der Waals surface area (Å²) >= 11 is 5.92. The Bertz CT molecular complexity index is 895. The number of halogens is 1. The van der Waals surface area contributed by atoms with Crippen molar-refractivity contribution in [2.45, 2.75) is 32.1 Å². The van der Waals surface area contributed by atoms with Crippen LogP contribution in [0.25, 0.3) is 0 Å². The van der Waals surface area contributed by atoms with Crippen molar-refractivity contribution in [3.8, 4) is 0 Å². The lowest BCUT2D eigenvalue weighted by Gasteiger charge is -2.11. The number of amides is 1. The van der Waals surface area contributed by atoms with Crippen LogP contribution < -0.4 is 10.0 Å². The van der Waals surface area contributed by atoms with Gasteiger partial charge in [-0.05, 0) is 61.2 Å². The summed E-state index contributed by atoms with van der Waals surface area (Å²) < 4.78 is 27.3. The van der Waals surface area contributed by atoms with Crippen molar-refractivity contribution in [1.29, 1.82) is 0 Å². The first-order chi connectivity index (χ1) is 12.2. The molecule has 2 aromatic rings. The average Bonchev–Trinajstić information content (AvgIpc) is 2.57. The number of carbonyl (C=O) groups excluding carboxylic acids is 1. The van der Waals surface area contributed by atoms with Crippen molar-refractivity contribution >= 4 is 33.2 Å². The van der Waals surface area contributed by atoms with Crippen LogP contribution in [0.5, 0.6) is 0 Å². The number of rotatable bonds is 7. The van der Waals surface area contributed by atoms with Crippen LogP contribution in [0.15, 0.2) is 47.4 Å². The lowest BCUT2D eigenvalue weighted by atomic mass is 10.1. The van der Waals surface area contributed by atoms with Gasteiger partial charge < -0.3 is 5.32 Å². The van der Waals surface area contributed by atoms with Gasteiger partial charge in [-0.25, -0.2) is 13.1 Å². The number of aryl methyl sites for hydroxylation is 1. The number of hydrogen-bond donors (Lipinski definition) is 2. The summed E-state index contributed by atoms with van der Waals surface area (Å²) in [6.07, 6.45) is 0.745. The zero-order valence-electron chi connectivity index (χ0n) is 15.0. The molecule has 2 rings (SSSR count). The summed E-state index contributed by atoms with van der Waals surface area (Å²) in [7, 11) is -3.65. The molecule has 7 heteroatoms. The van der Waals surface area contributed by atoms with E-state index >= 15 is 0 Å². The molecule has 2 N–H and O–H groups in total. The maximum atomic E-state index is 12.5. The largest absolute Gasteiger partial charge is 0.322 e. The zero-order chi connectivity index (χ0) is 19.3. The smallest absolute Gasteiger partial charge is 0.255 e. The standard InChI is InChI=1S/C19H23ClN2O3S/c1-13(2)9-10-21-26(24,25)17-6-4-5-15(12-17)19(23)22-18-8-7-16(20)11-14(18)3/h4-8,11-13,21H,9-10H2,1-3H3,(H,22,23). The summed E-state index contributed by atoms with van der Waals surface area (Å²) in [5.41, 5.74) is 1.72. The zero-order valence-corrected chi connectivity index (χ0v) is 16.6. The van der Waals surface area contributed by atoms with Gasteiger partial charge >= 0.3 is 0 Å². The highest BCUT2D eigenvalue weighted by Gasteiger charge is 2.16. The molecule has 0 saturated carbocycles. The third-order valence-corrected chi connectivity index (χ3v) is 5.55. The Kier molecular flexibility index (Phi) is 6.81. The Morgan fingerprint density at radius 1 is 1.15 bits per heavy atom. The van der Waals surface area contributed by atoms with Crippen LogP contribution in [-0.2, 0) is 10.0 Å². The second-order valence-electron chi connectivity index (χ2n) is 6.52. The third-order valence-electron chi connectivity index (χ3n) is 3.86. The van der Waals surface area contributed by atoms with E-state index in [0.717, 1.165) is 12.0 Å². The minimum absolute atomic E-state index is 0.0711. The van der Waals surface area contributed by atoms with Crippen LogP contribution in [-0.4, -0.2) is 20.9 Å². The number of benzene rings is 2. The molecule has 0 bridgehead atoms. The second-order valence-corrected chi connectivity index (χ2v) is 8.72. The maximum absolute atomic E-state index is 12.5. The van der Waals surface area contributed by atoms with Gasteiger partial charge in [-0.15, -0.1) is 0 Å². The minimum Gasteiger partial charge on any atom is -0.322 e. The van der Waals surface area contributed by atoms with E-state index in [1.807, 2.05) is 20.8 Å². The Labute approximate surface area is 159 Å². The molecule has 0 atom stereocenters. The molecule has 0 saturated heterocycles. The van der Waals surface area contributed by atoms with Crippen molar-refractivity contribution in [1.82, 2.24) is 4.72 Å². The summed E-state index contributed by atoms with van der Waals surface area (Å²) in [4.78, 5) is 12.5. The van der Waals surface area contributed by atoms with Gasteiger partial charge in [0.1, 0.15) is 0 Å². The van der Waals surface area contributed by atoms with Gasteiger partial charge in [0, 0.05) is 22.8 Å². The van der Waals surface area contributed by atoms with Crippen molar-refractivity contribution in [2.24, 2.45) is 5.92 Å². The first kappa shape index (κ1) is 20.4. The molecule has 26 heavy (non-hydrogen) atoms. The SMILES string of the molecule is Cc1cc(Cl)ccc1NC(=O)c1cccc(S(=O)(=O)NCCC(C)C)c1. The van der Waals surface area contributed by atoms with Gasteiger partial charge in [0.05, 0.1) is 4.90 Å². The second kappa shape index (κ2) is 8.66. The van der Waals surface area contributed by atoms with Crippen molar-refractivity contribution in [3.05, 3.63) is 58.6 Å². The molecule has 0 heterocycles. The van der Waals surface area contributed by atoms with E-state index in [2.05, 4.69) is 10.0 Å². The van der Waals surface area contributed by atoms with Gasteiger partial charge in [-0.2, -0.15) is 0 Å². The predicted molar refractivity (Wildman–Crippen MR) is 105 cm³/mol. The highest BCUT2D eigenvalue weighted by molar-refractivity contribution is 7.89. The van der Waals surface area contributed by atoms with Gasteiger partial charge in [0.2, 0.25) is 10.0 Å². The Hall–Kier alpha value is -1.89. The van der Waals surface area contributed by atoms with Crippen LogP contribution >= 0.6 is 11.6 Å². The lowest BCUT2D eigenvalue weighted by molar-refractivity contribution is 0.102. The molecular formula is C19H23ClN2O3S. The van der Waals surface area contributed by atoms with E-state index in [1.165, 1.54) is 12.1 Å². The van der Waals surface area contributed by atoms with Crippen LogP contribution in [0.2, 0.25) is 5.02 Å². The molecule has 0 spiro atoms. The Morgan fingerprint density at radius 2 is 1.88 bits per heavy atom. The van der Waals surface area contributed by atoms with E-state index in [0.29, 0.717) is 23.2 Å². The Morgan fingerprint density at radius 3 is 2.54 bits per heavy atom. The van der Waals surface area contributed by atoms with Crippen molar-refractivity contribution in [2.75, 3.05) is 11.9 Å². The number of nitrogens with one attached hydrogen (secondary N) is 2. The number of hydrogen-bond acceptors (Lipinski definition) is 3. The normalized spacial score (nSPS) is 11.6.